The molecule has 0 spiro atoms. The van der Waals surface area contributed by atoms with Crippen molar-refractivity contribution in [1.29, 1.82) is 0 Å². The standard InChI is InChI=1S/C8H10N10O/c9-8(10)3-17(4-8)6-12-14-7(15-13-6)18-2-5(16-19)1-11-18/h1-2H,3-4,9-10H2. The Morgan fingerprint density at radius 2 is 1.79 bits per heavy atom. The Bertz CT molecular complexity index is 596. The summed E-state index contributed by atoms with van der Waals surface area (Å²) in [6.45, 7) is 0.882. The van der Waals surface area contributed by atoms with Crippen LogP contribution in [0, 0.1) is 4.91 Å². The minimum Gasteiger partial charge on any atom is -0.332 e. The van der Waals surface area contributed by atoms with E-state index in [2.05, 4.69) is 30.7 Å². The molecule has 0 unspecified atom stereocenters. The van der Waals surface area contributed by atoms with Gasteiger partial charge in [-0.2, -0.15) is 5.10 Å². The van der Waals surface area contributed by atoms with Crippen LogP contribution in [0.4, 0.5) is 11.6 Å². The van der Waals surface area contributed by atoms with Crippen molar-refractivity contribution in [2.75, 3.05) is 18.0 Å². The summed E-state index contributed by atoms with van der Waals surface area (Å²) in [7, 11) is 0. The van der Waals surface area contributed by atoms with Crippen molar-refractivity contribution < 1.29 is 0 Å². The predicted octanol–water partition coefficient (Wildman–Crippen LogP) is -1.72. The van der Waals surface area contributed by atoms with Gasteiger partial charge in [-0.15, -0.1) is 25.3 Å². The van der Waals surface area contributed by atoms with Gasteiger partial charge in [0.2, 0.25) is 0 Å². The van der Waals surface area contributed by atoms with Crippen LogP contribution in [0.2, 0.25) is 0 Å². The lowest BCUT2D eigenvalue weighted by Gasteiger charge is -2.44. The van der Waals surface area contributed by atoms with E-state index in [9.17, 15) is 4.91 Å². The Morgan fingerprint density at radius 3 is 2.32 bits per heavy atom. The molecule has 2 aromatic rings. The molecule has 0 saturated carbocycles. The zero-order chi connectivity index (χ0) is 13.5. The average Bonchev–Trinajstić information content (AvgIpc) is 2.85. The number of rotatable bonds is 3. The number of anilines is 1. The smallest absolute Gasteiger partial charge is 0.289 e. The Kier molecular flexibility index (Phi) is 2.43. The highest BCUT2D eigenvalue weighted by molar-refractivity contribution is 5.36. The maximum atomic E-state index is 10.3. The van der Waals surface area contributed by atoms with Crippen LogP contribution in [0.25, 0.3) is 5.95 Å². The van der Waals surface area contributed by atoms with Crippen molar-refractivity contribution in [3.05, 3.63) is 17.3 Å². The van der Waals surface area contributed by atoms with Gasteiger partial charge in [0, 0.05) is 0 Å². The van der Waals surface area contributed by atoms with Gasteiger partial charge in [-0.05, 0) is 5.18 Å². The maximum absolute atomic E-state index is 10.3. The van der Waals surface area contributed by atoms with Crippen molar-refractivity contribution in [2.24, 2.45) is 16.6 Å². The molecule has 19 heavy (non-hydrogen) atoms. The fraction of sp³-hybridized carbons (Fsp3) is 0.375. The fourth-order valence-corrected chi connectivity index (χ4v) is 1.71. The number of nitroso groups, excluding NO2 is 1. The van der Waals surface area contributed by atoms with Gasteiger partial charge in [0.25, 0.3) is 11.9 Å². The quantitative estimate of drug-likeness (QED) is 0.485. The lowest BCUT2D eigenvalue weighted by molar-refractivity contribution is 0.338. The first-order chi connectivity index (χ1) is 9.07. The maximum Gasteiger partial charge on any atom is 0.289 e. The van der Waals surface area contributed by atoms with Gasteiger partial charge in [0.15, 0.2) is 0 Å². The molecule has 1 aliphatic rings. The van der Waals surface area contributed by atoms with Crippen LogP contribution in [0.1, 0.15) is 0 Å². The molecule has 4 N–H and O–H groups in total. The SMILES string of the molecule is NC1(N)CN(c2nnc(-n3cc(N=O)cn3)nn2)C1. The Balaban J connectivity index is 1.77. The van der Waals surface area contributed by atoms with Crippen molar-refractivity contribution in [3.63, 3.8) is 0 Å². The van der Waals surface area contributed by atoms with E-state index in [1.807, 2.05) is 0 Å². The number of hydrogen-bond acceptors (Lipinski definition) is 10. The van der Waals surface area contributed by atoms with E-state index >= 15 is 0 Å². The third kappa shape index (κ3) is 2.11. The number of nitrogens with zero attached hydrogens (tertiary/aromatic N) is 8. The average molecular weight is 262 g/mol. The van der Waals surface area contributed by atoms with E-state index in [4.69, 9.17) is 11.5 Å². The highest BCUT2D eigenvalue weighted by atomic mass is 16.3. The summed E-state index contributed by atoms with van der Waals surface area (Å²) in [6.07, 6.45) is 2.66. The molecule has 0 aromatic carbocycles. The van der Waals surface area contributed by atoms with Gasteiger partial charge in [-0.25, -0.2) is 4.68 Å². The molecule has 0 atom stereocenters. The van der Waals surface area contributed by atoms with Crippen LogP contribution in [-0.4, -0.2) is 48.9 Å². The Hall–Kier alpha value is -2.53. The molecule has 3 rings (SSSR count). The van der Waals surface area contributed by atoms with Crippen LogP contribution >= 0.6 is 0 Å². The third-order valence-corrected chi connectivity index (χ3v) is 2.59. The summed E-state index contributed by atoms with van der Waals surface area (Å²) >= 11 is 0. The molecular formula is C8H10N10O. The van der Waals surface area contributed by atoms with Crippen LogP contribution in [0.15, 0.2) is 17.6 Å². The van der Waals surface area contributed by atoms with E-state index in [1.54, 1.807) is 4.90 Å². The summed E-state index contributed by atoms with van der Waals surface area (Å²) in [5.74, 6) is 0.488. The molecule has 0 radical (unpaired) electrons. The van der Waals surface area contributed by atoms with Gasteiger partial charge in [-0.1, -0.05) is 0 Å². The lowest BCUT2D eigenvalue weighted by atomic mass is 10.0. The van der Waals surface area contributed by atoms with E-state index in [0.717, 1.165) is 0 Å². The second-order valence-electron chi connectivity index (χ2n) is 4.32. The number of hydrogen-bond donors (Lipinski definition) is 2. The molecule has 11 heteroatoms. The summed E-state index contributed by atoms with van der Waals surface area (Å²) in [4.78, 5) is 12.1. The third-order valence-electron chi connectivity index (χ3n) is 2.59. The van der Waals surface area contributed by atoms with Crippen LogP contribution in [-0.2, 0) is 0 Å². The Morgan fingerprint density at radius 1 is 1.16 bits per heavy atom. The molecule has 1 fully saturated rings. The molecule has 3 heterocycles. The summed E-state index contributed by atoms with van der Waals surface area (Å²) in [6, 6.07) is 0. The van der Waals surface area contributed by atoms with Crippen molar-refractivity contribution in [1.82, 2.24) is 30.2 Å². The van der Waals surface area contributed by atoms with Gasteiger partial charge >= 0.3 is 0 Å². The number of aromatic nitrogens is 6. The first kappa shape index (κ1) is 11.6. The van der Waals surface area contributed by atoms with E-state index in [0.29, 0.717) is 19.0 Å². The second kappa shape index (κ2) is 4.00. The summed E-state index contributed by atoms with van der Waals surface area (Å²) in [5, 5.41) is 22.1. The molecule has 1 saturated heterocycles. The molecule has 0 amide bonds. The van der Waals surface area contributed by atoms with Crippen LogP contribution in [0.5, 0.6) is 0 Å². The minimum absolute atomic E-state index is 0.144. The molecule has 2 aromatic heterocycles. The lowest BCUT2D eigenvalue weighted by Crippen LogP contribution is -2.73. The predicted molar refractivity (Wildman–Crippen MR) is 63.5 cm³/mol. The largest absolute Gasteiger partial charge is 0.332 e. The van der Waals surface area contributed by atoms with Crippen molar-refractivity contribution in [2.45, 2.75) is 5.66 Å². The Labute approximate surface area is 106 Å². The molecule has 11 nitrogen and oxygen atoms in total. The van der Waals surface area contributed by atoms with Crippen molar-refractivity contribution >= 4 is 11.6 Å². The highest BCUT2D eigenvalue weighted by Crippen LogP contribution is 2.17. The summed E-state index contributed by atoms with van der Waals surface area (Å²) < 4.78 is 1.26. The van der Waals surface area contributed by atoms with E-state index < -0.39 is 5.66 Å². The van der Waals surface area contributed by atoms with E-state index in [1.165, 1.54) is 17.1 Å². The van der Waals surface area contributed by atoms with Crippen LogP contribution in [0.3, 0.4) is 0 Å². The molecule has 0 bridgehead atoms. The zero-order valence-corrected chi connectivity index (χ0v) is 9.71. The normalized spacial score (nSPS) is 17.1. The highest BCUT2D eigenvalue weighted by Gasteiger charge is 2.37. The van der Waals surface area contributed by atoms with Crippen LogP contribution < -0.4 is 16.4 Å². The molecule has 1 aliphatic heterocycles. The minimum atomic E-state index is -0.714. The van der Waals surface area contributed by atoms with E-state index in [-0.39, 0.29) is 11.6 Å². The molecule has 98 valence electrons. The summed E-state index contributed by atoms with van der Waals surface area (Å²) in [5.41, 5.74) is 10.8. The number of nitrogens with two attached hydrogens (primary N) is 2. The first-order valence-corrected chi connectivity index (χ1v) is 5.36. The molecule has 0 aliphatic carbocycles. The first-order valence-electron chi connectivity index (χ1n) is 5.36. The van der Waals surface area contributed by atoms with Gasteiger partial charge in [-0.3, -0.25) is 0 Å². The van der Waals surface area contributed by atoms with Gasteiger partial charge in [0.1, 0.15) is 5.69 Å². The monoisotopic (exact) mass is 262 g/mol. The van der Waals surface area contributed by atoms with Crippen molar-refractivity contribution in [3.8, 4) is 5.95 Å². The zero-order valence-electron chi connectivity index (χ0n) is 9.71. The molecular weight excluding hydrogens is 252 g/mol. The van der Waals surface area contributed by atoms with Gasteiger partial charge in [0.05, 0.1) is 31.1 Å². The fourth-order valence-electron chi connectivity index (χ4n) is 1.71. The topological polar surface area (TPSA) is 154 Å². The van der Waals surface area contributed by atoms with Gasteiger partial charge < -0.3 is 16.4 Å². The second-order valence-corrected chi connectivity index (χ2v) is 4.32.